The molecule has 0 saturated carbocycles. The number of urea groups is 1. The van der Waals surface area contributed by atoms with Crippen molar-refractivity contribution in [2.24, 2.45) is 0 Å². The number of anilines is 1. The maximum absolute atomic E-state index is 12.8. The first-order chi connectivity index (χ1) is 12.7. The summed E-state index contributed by atoms with van der Waals surface area (Å²) in [6.45, 7) is 3.23. The van der Waals surface area contributed by atoms with Gasteiger partial charge < -0.3 is 5.32 Å². The fourth-order valence-corrected chi connectivity index (χ4v) is 2.82. The number of carbonyl (C=O) groups excluding carboxylic acids is 1. The first-order valence-electron chi connectivity index (χ1n) is 8.92. The van der Waals surface area contributed by atoms with E-state index in [-0.39, 0.29) is 6.03 Å². The summed E-state index contributed by atoms with van der Waals surface area (Å²) in [7, 11) is 0. The van der Waals surface area contributed by atoms with Crippen molar-refractivity contribution in [3.8, 4) is 0 Å². The average Bonchev–Trinajstić information content (AvgIpc) is 2.69. The van der Waals surface area contributed by atoms with Gasteiger partial charge in [-0.05, 0) is 36.6 Å². The van der Waals surface area contributed by atoms with Crippen LogP contribution in [-0.4, -0.2) is 12.6 Å². The molecule has 26 heavy (non-hydrogen) atoms. The van der Waals surface area contributed by atoms with E-state index in [0.717, 1.165) is 17.7 Å². The zero-order chi connectivity index (χ0) is 18.2. The second kappa shape index (κ2) is 8.86. The summed E-state index contributed by atoms with van der Waals surface area (Å²) in [5, 5.41) is 3.05. The molecule has 0 saturated heterocycles. The van der Waals surface area contributed by atoms with E-state index in [9.17, 15) is 4.79 Å². The Morgan fingerprint density at radius 1 is 0.808 bits per heavy atom. The molecular weight excluding hydrogens is 320 g/mol. The van der Waals surface area contributed by atoms with E-state index in [1.807, 2.05) is 60.7 Å². The normalized spacial score (nSPS) is 10.3. The van der Waals surface area contributed by atoms with Crippen LogP contribution in [-0.2, 0) is 13.0 Å². The van der Waals surface area contributed by atoms with Gasteiger partial charge in [0.05, 0.1) is 6.54 Å². The van der Waals surface area contributed by atoms with Crippen LogP contribution in [0.5, 0.6) is 0 Å². The van der Waals surface area contributed by atoms with Gasteiger partial charge in [-0.3, -0.25) is 4.90 Å². The Bertz CT molecular complexity index is 814. The van der Waals surface area contributed by atoms with Gasteiger partial charge in [0.25, 0.3) is 0 Å². The third-order valence-corrected chi connectivity index (χ3v) is 4.31. The van der Waals surface area contributed by atoms with Crippen LogP contribution in [0.3, 0.4) is 0 Å². The molecule has 0 radical (unpaired) electrons. The van der Waals surface area contributed by atoms with Crippen molar-refractivity contribution in [2.45, 2.75) is 19.9 Å². The SMILES string of the molecule is Cc1ccc(CCNC(=O)N(Cc2ccccc2)c2ccccc2)cc1. The van der Waals surface area contributed by atoms with E-state index < -0.39 is 0 Å². The minimum Gasteiger partial charge on any atom is -0.337 e. The number of nitrogens with one attached hydrogen (secondary N) is 1. The zero-order valence-electron chi connectivity index (χ0n) is 15.1. The molecule has 3 aromatic carbocycles. The van der Waals surface area contributed by atoms with Crippen LogP contribution in [0.2, 0.25) is 0 Å². The largest absolute Gasteiger partial charge is 0.337 e. The van der Waals surface area contributed by atoms with Gasteiger partial charge in [0.2, 0.25) is 0 Å². The highest BCUT2D eigenvalue weighted by Gasteiger charge is 2.15. The van der Waals surface area contributed by atoms with Crippen LogP contribution < -0.4 is 10.2 Å². The van der Waals surface area contributed by atoms with Gasteiger partial charge in [0.1, 0.15) is 0 Å². The summed E-state index contributed by atoms with van der Waals surface area (Å²) < 4.78 is 0. The van der Waals surface area contributed by atoms with Crippen LogP contribution >= 0.6 is 0 Å². The van der Waals surface area contributed by atoms with Gasteiger partial charge in [0, 0.05) is 12.2 Å². The van der Waals surface area contributed by atoms with Crippen LogP contribution in [0.4, 0.5) is 10.5 Å². The highest BCUT2D eigenvalue weighted by Crippen LogP contribution is 2.17. The number of benzene rings is 3. The lowest BCUT2D eigenvalue weighted by atomic mass is 10.1. The van der Waals surface area contributed by atoms with E-state index in [4.69, 9.17) is 0 Å². The summed E-state index contributed by atoms with van der Waals surface area (Å²) in [6.07, 6.45) is 0.819. The number of amides is 2. The number of carbonyl (C=O) groups is 1. The molecule has 3 nitrogen and oxygen atoms in total. The number of hydrogen-bond acceptors (Lipinski definition) is 1. The Morgan fingerprint density at radius 3 is 2.08 bits per heavy atom. The lowest BCUT2D eigenvalue weighted by Gasteiger charge is -2.23. The smallest absolute Gasteiger partial charge is 0.322 e. The van der Waals surface area contributed by atoms with Crippen LogP contribution in [0.25, 0.3) is 0 Å². The van der Waals surface area contributed by atoms with Gasteiger partial charge >= 0.3 is 6.03 Å². The molecule has 0 aliphatic heterocycles. The molecule has 3 rings (SSSR count). The topological polar surface area (TPSA) is 32.3 Å². The minimum absolute atomic E-state index is 0.0767. The van der Waals surface area contributed by atoms with Crippen molar-refractivity contribution in [1.29, 1.82) is 0 Å². The van der Waals surface area contributed by atoms with Crippen molar-refractivity contribution in [3.05, 3.63) is 102 Å². The summed E-state index contributed by atoms with van der Waals surface area (Å²) in [4.78, 5) is 14.6. The third-order valence-electron chi connectivity index (χ3n) is 4.31. The number of rotatable bonds is 6. The summed E-state index contributed by atoms with van der Waals surface area (Å²) in [6, 6.07) is 28.2. The van der Waals surface area contributed by atoms with E-state index in [1.165, 1.54) is 11.1 Å². The third kappa shape index (κ3) is 4.96. The number of para-hydroxylation sites is 1. The van der Waals surface area contributed by atoms with Crippen LogP contribution in [0.15, 0.2) is 84.9 Å². The number of hydrogen-bond donors (Lipinski definition) is 1. The van der Waals surface area contributed by atoms with Gasteiger partial charge in [-0.25, -0.2) is 4.79 Å². The van der Waals surface area contributed by atoms with E-state index in [1.54, 1.807) is 4.90 Å². The molecule has 3 heteroatoms. The fraction of sp³-hybridized carbons (Fsp3) is 0.174. The highest BCUT2D eigenvalue weighted by molar-refractivity contribution is 5.91. The second-order valence-corrected chi connectivity index (χ2v) is 6.37. The first kappa shape index (κ1) is 17.7. The Labute approximate surface area is 155 Å². The molecule has 0 heterocycles. The minimum atomic E-state index is -0.0767. The van der Waals surface area contributed by atoms with Gasteiger partial charge in [-0.1, -0.05) is 78.4 Å². The molecule has 0 aliphatic carbocycles. The summed E-state index contributed by atoms with van der Waals surface area (Å²) >= 11 is 0. The van der Waals surface area contributed by atoms with E-state index in [2.05, 4.69) is 36.5 Å². The van der Waals surface area contributed by atoms with Gasteiger partial charge in [0.15, 0.2) is 0 Å². The lowest BCUT2D eigenvalue weighted by Crippen LogP contribution is -2.40. The molecule has 0 atom stereocenters. The predicted molar refractivity (Wildman–Crippen MR) is 107 cm³/mol. The maximum atomic E-state index is 12.8. The zero-order valence-corrected chi connectivity index (χ0v) is 15.1. The molecule has 0 spiro atoms. The Kier molecular flexibility index (Phi) is 6.05. The van der Waals surface area contributed by atoms with E-state index in [0.29, 0.717) is 13.1 Å². The quantitative estimate of drug-likeness (QED) is 0.674. The number of nitrogens with zero attached hydrogens (tertiary/aromatic N) is 1. The van der Waals surface area contributed by atoms with Crippen molar-refractivity contribution in [2.75, 3.05) is 11.4 Å². The Morgan fingerprint density at radius 2 is 1.42 bits per heavy atom. The van der Waals surface area contributed by atoms with Crippen molar-refractivity contribution < 1.29 is 4.79 Å². The van der Waals surface area contributed by atoms with Gasteiger partial charge in [-0.15, -0.1) is 0 Å². The standard InChI is InChI=1S/C23H24N2O/c1-19-12-14-20(15-13-19)16-17-24-23(26)25(22-10-6-3-7-11-22)18-21-8-4-2-5-9-21/h2-15H,16-18H2,1H3,(H,24,26). The van der Waals surface area contributed by atoms with Gasteiger partial charge in [-0.2, -0.15) is 0 Å². The summed E-state index contributed by atoms with van der Waals surface area (Å²) in [5.74, 6) is 0. The molecule has 2 amide bonds. The molecule has 1 N–H and O–H groups in total. The molecule has 0 bridgehead atoms. The molecule has 132 valence electrons. The van der Waals surface area contributed by atoms with Crippen LogP contribution in [0, 0.1) is 6.92 Å². The Balaban J connectivity index is 1.65. The molecule has 0 aliphatic rings. The molecular formula is C23H24N2O. The van der Waals surface area contributed by atoms with Crippen molar-refractivity contribution >= 4 is 11.7 Å². The highest BCUT2D eigenvalue weighted by atomic mass is 16.2. The Hall–Kier alpha value is -3.07. The summed E-state index contributed by atoms with van der Waals surface area (Å²) in [5.41, 5.74) is 4.47. The first-order valence-corrected chi connectivity index (χ1v) is 8.92. The predicted octanol–water partition coefficient (Wildman–Crippen LogP) is 4.95. The van der Waals surface area contributed by atoms with E-state index >= 15 is 0 Å². The molecule has 0 fully saturated rings. The number of aryl methyl sites for hydroxylation is 1. The molecule has 0 aromatic heterocycles. The maximum Gasteiger partial charge on any atom is 0.322 e. The van der Waals surface area contributed by atoms with Crippen molar-refractivity contribution in [3.63, 3.8) is 0 Å². The monoisotopic (exact) mass is 344 g/mol. The fourth-order valence-electron chi connectivity index (χ4n) is 2.82. The van der Waals surface area contributed by atoms with Crippen LogP contribution in [0.1, 0.15) is 16.7 Å². The second-order valence-electron chi connectivity index (χ2n) is 6.37. The van der Waals surface area contributed by atoms with Crippen molar-refractivity contribution in [1.82, 2.24) is 5.32 Å². The molecule has 3 aromatic rings. The lowest BCUT2D eigenvalue weighted by molar-refractivity contribution is 0.246. The average molecular weight is 344 g/mol. The molecule has 0 unspecified atom stereocenters.